The van der Waals surface area contributed by atoms with E-state index in [0.29, 0.717) is 15.7 Å². The van der Waals surface area contributed by atoms with Crippen LogP contribution in [0.5, 0.6) is 0 Å². The first-order chi connectivity index (χ1) is 10.5. The lowest BCUT2D eigenvalue weighted by molar-refractivity contribution is -0.126. The number of amides is 2. The number of hydrazone groups is 1. The van der Waals surface area contributed by atoms with E-state index >= 15 is 0 Å². The molecule has 22 heavy (non-hydrogen) atoms. The fourth-order valence-corrected chi connectivity index (χ4v) is 2.38. The van der Waals surface area contributed by atoms with Gasteiger partial charge in [-0.05, 0) is 29.6 Å². The Kier molecular flexibility index (Phi) is 5.94. The van der Waals surface area contributed by atoms with Crippen LogP contribution in [0, 0.1) is 0 Å². The smallest absolute Gasteiger partial charge is 0.249 e. The summed E-state index contributed by atoms with van der Waals surface area (Å²) >= 11 is 13.1. The number of benzene rings is 1. The van der Waals surface area contributed by atoms with Crippen LogP contribution in [0.3, 0.4) is 0 Å². The summed E-state index contributed by atoms with van der Waals surface area (Å²) in [6.07, 6.45) is 1.17. The minimum atomic E-state index is -0.509. The van der Waals surface area contributed by atoms with E-state index in [2.05, 4.69) is 15.8 Å². The average molecular weight is 356 g/mol. The predicted molar refractivity (Wildman–Crippen MR) is 89.8 cm³/mol. The standard InChI is InChI=1S/C14H11Cl2N3O2S/c15-11-4-3-9(6-12(11)16)18-13(20)7-14(21)19-17-8-10-2-1-5-22-10/h1-6,8H,7H2,(H,18,20)(H,19,21)/b17-8+. The summed E-state index contributed by atoms with van der Waals surface area (Å²) in [5.74, 6) is -0.979. The maximum Gasteiger partial charge on any atom is 0.249 e. The number of rotatable bonds is 5. The van der Waals surface area contributed by atoms with Crippen molar-refractivity contribution < 1.29 is 9.59 Å². The van der Waals surface area contributed by atoms with Crippen LogP contribution in [-0.2, 0) is 9.59 Å². The fourth-order valence-electron chi connectivity index (χ4n) is 1.50. The van der Waals surface area contributed by atoms with Gasteiger partial charge in [-0.3, -0.25) is 9.59 Å². The molecule has 0 spiro atoms. The second-order valence-corrected chi connectivity index (χ2v) is 5.96. The van der Waals surface area contributed by atoms with Gasteiger partial charge in [0.25, 0.3) is 0 Å². The molecule has 1 aromatic carbocycles. The molecule has 0 aliphatic carbocycles. The summed E-state index contributed by atoms with van der Waals surface area (Å²) < 4.78 is 0. The Morgan fingerprint density at radius 1 is 1.18 bits per heavy atom. The summed E-state index contributed by atoms with van der Waals surface area (Å²) in [5.41, 5.74) is 2.75. The lowest BCUT2D eigenvalue weighted by Gasteiger charge is -2.05. The van der Waals surface area contributed by atoms with Crippen molar-refractivity contribution in [1.82, 2.24) is 5.43 Å². The van der Waals surface area contributed by atoms with E-state index in [1.54, 1.807) is 12.1 Å². The molecule has 114 valence electrons. The van der Waals surface area contributed by atoms with Crippen molar-refractivity contribution in [3.05, 3.63) is 50.6 Å². The van der Waals surface area contributed by atoms with E-state index in [-0.39, 0.29) is 6.42 Å². The Morgan fingerprint density at radius 3 is 2.68 bits per heavy atom. The molecule has 2 rings (SSSR count). The van der Waals surface area contributed by atoms with Crippen LogP contribution in [0.15, 0.2) is 40.8 Å². The third kappa shape index (κ3) is 5.14. The van der Waals surface area contributed by atoms with Crippen LogP contribution < -0.4 is 10.7 Å². The Morgan fingerprint density at radius 2 is 2.00 bits per heavy atom. The molecule has 0 fully saturated rings. The molecule has 0 aliphatic rings. The van der Waals surface area contributed by atoms with Crippen molar-refractivity contribution in [3.63, 3.8) is 0 Å². The molecule has 2 amide bonds. The number of halogens is 2. The quantitative estimate of drug-likeness (QED) is 0.489. The SMILES string of the molecule is O=C(CC(=O)Nc1ccc(Cl)c(Cl)c1)N/N=C/c1cccs1. The van der Waals surface area contributed by atoms with Gasteiger partial charge in [0.2, 0.25) is 11.8 Å². The highest BCUT2D eigenvalue weighted by molar-refractivity contribution is 7.11. The number of nitrogens with zero attached hydrogens (tertiary/aromatic N) is 1. The molecule has 0 bridgehead atoms. The monoisotopic (exact) mass is 355 g/mol. The molecule has 2 N–H and O–H groups in total. The van der Waals surface area contributed by atoms with Gasteiger partial charge in [-0.25, -0.2) is 5.43 Å². The number of hydrogen-bond donors (Lipinski definition) is 2. The number of hydrogen-bond acceptors (Lipinski definition) is 4. The summed E-state index contributed by atoms with van der Waals surface area (Å²) in [5, 5.41) is 8.93. The summed E-state index contributed by atoms with van der Waals surface area (Å²) in [7, 11) is 0. The fraction of sp³-hybridized carbons (Fsp3) is 0.0714. The minimum absolute atomic E-state index is 0.324. The molecule has 1 aromatic heterocycles. The van der Waals surface area contributed by atoms with E-state index in [9.17, 15) is 9.59 Å². The normalized spacial score (nSPS) is 10.6. The molecule has 0 unspecified atom stereocenters. The lowest BCUT2D eigenvalue weighted by Crippen LogP contribution is -2.24. The van der Waals surface area contributed by atoms with E-state index in [1.165, 1.54) is 23.6 Å². The maximum atomic E-state index is 11.7. The van der Waals surface area contributed by atoms with Crippen LogP contribution >= 0.6 is 34.5 Å². The second-order valence-electron chi connectivity index (χ2n) is 4.16. The maximum absolute atomic E-state index is 11.7. The molecule has 0 radical (unpaired) electrons. The van der Waals surface area contributed by atoms with Crippen molar-refractivity contribution in [1.29, 1.82) is 0 Å². The van der Waals surface area contributed by atoms with Crippen LogP contribution in [0.2, 0.25) is 10.0 Å². The van der Waals surface area contributed by atoms with Crippen LogP contribution in [0.4, 0.5) is 5.69 Å². The van der Waals surface area contributed by atoms with Crippen LogP contribution in [0.1, 0.15) is 11.3 Å². The Bertz CT molecular complexity index is 702. The first kappa shape index (κ1) is 16.5. The third-order valence-electron chi connectivity index (χ3n) is 2.45. The first-order valence-electron chi connectivity index (χ1n) is 6.15. The van der Waals surface area contributed by atoms with Gasteiger partial charge in [-0.15, -0.1) is 11.3 Å². The Hall–Kier alpha value is -1.89. The minimum Gasteiger partial charge on any atom is -0.326 e. The zero-order valence-electron chi connectivity index (χ0n) is 11.2. The number of nitrogens with one attached hydrogen (secondary N) is 2. The molecule has 0 saturated carbocycles. The van der Waals surface area contributed by atoms with Gasteiger partial charge in [0.1, 0.15) is 6.42 Å². The Labute approximate surface area is 140 Å². The summed E-state index contributed by atoms with van der Waals surface area (Å²) in [6.45, 7) is 0. The lowest BCUT2D eigenvalue weighted by atomic mass is 10.3. The van der Waals surface area contributed by atoms with Crippen molar-refractivity contribution in [2.75, 3.05) is 5.32 Å². The molecule has 2 aromatic rings. The highest BCUT2D eigenvalue weighted by Crippen LogP contribution is 2.24. The van der Waals surface area contributed by atoms with Gasteiger partial charge in [0.05, 0.1) is 16.3 Å². The number of carbonyl (C=O) groups excluding carboxylic acids is 2. The topological polar surface area (TPSA) is 70.6 Å². The number of carbonyl (C=O) groups is 2. The number of thiophene rings is 1. The summed E-state index contributed by atoms with van der Waals surface area (Å²) in [6, 6.07) is 8.40. The molecular weight excluding hydrogens is 345 g/mol. The molecule has 0 aliphatic heterocycles. The number of anilines is 1. The van der Waals surface area contributed by atoms with E-state index in [4.69, 9.17) is 23.2 Å². The van der Waals surface area contributed by atoms with Gasteiger partial charge < -0.3 is 5.32 Å². The van der Waals surface area contributed by atoms with Gasteiger partial charge in [0, 0.05) is 10.6 Å². The average Bonchev–Trinajstić information content (AvgIpc) is 2.96. The highest BCUT2D eigenvalue weighted by atomic mass is 35.5. The molecule has 8 heteroatoms. The van der Waals surface area contributed by atoms with Crippen molar-refractivity contribution in [3.8, 4) is 0 Å². The van der Waals surface area contributed by atoms with Gasteiger partial charge in [-0.2, -0.15) is 5.10 Å². The van der Waals surface area contributed by atoms with Gasteiger partial charge in [-0.1, -0.05) is 29.3 Å². The molecule has 1 heterocycles. The van der Waals surface area contributed by atoms with Gasteiger partial charge in [0.15, 0.2) is 0 Å². The zero-order valence-corrected chi connectivity index (χ0v) is 13.5. The summed E-state index contributed by atoms with van der Waals surface area (Å²) in [4.78, 5) is 24.2. The van der Waals surface area contributed by atoms with Crippen molar-refractivity contribution >= 4 is 58.3 Å². The zero-order chi connectivity index (χ0) is 15.9. The Balaban J connectivity index is 1.81. The first-order valence-corrected chi connectivity index (χ1v) is 7.78. The molecule has 5 nitrogen and oxygen atoms in total. The molecule has 0 atom stereocenters. The van der Waals surface area contributed by atoms with E-state index in [0.717, 1.165) is 4.88 Å². The second kappa shape index (κ2) is 7.93. The van der Waals surface area contributed by atoms with Crippen molar-refractivity contribution in [2.24, 2.45) is 5.10 Å². The molecular formula is C14H11Cl2N3O2S. The third-order valence-corrected chi connectivity index (χ3v) is 3.99. The highest BCUT2D eigenvalue weighted by Gasteiger charge is 2.09. The van der Waals surface area contributed by atoms with Crippen LogP contribution in [-0.4, -0.2) is 18.0 Å². The van der Waals surface area contributed by atoms with Crippen LogP contribution in [0.25, 0.3) is 0 Å². The van der Waals surface area contributed by atoms with Crippen molar-refractivity contribution in [2.45, 2.75) is 6.42 Å². The van der Waals surface area contributed by atoms with E-state index < -0.39 is 11.8 Å². The predicted octanol–water partition coefficient (Wildman–Crippen LogP) is 3.53. The van der Waals surface area contributed by atoms with E-state index in [1.807, 2.05) is 17.5 Å². The molecule has 0 saturated heterocycles. The largest absolute Gasteiger partial charge is 0.326 e. The van der Waals surface area contributed by atoms with Gasteiger partial charge >= 0.3 is 0 Å².